The summed E-state index contributed by atoms with van der Waals surface area (Å²) in [5, 5.41) is 19.0. The fourth-order valence-electron chi connectivity index (χ4n) is 2.19. The van der Waals surface area contributed by atoms with Crippen LogP contribution >= 0.6 is 0 Å². The van der Waals surface area contributed by atoms with E-state index in [4.69, 9.17) is 14.7 Å². The van der Waals surface area contributed by atoms with Gasteiger partial charge in [0.1, 0.15) is 0 Å². The molecule has 5 heteroatoms. The number of hydrogen-bond donors (Lipinski definition) is 1. The highest BCUT2D eigenvalue weighted by Gasteiger charge is 2.15. The van der Waals surface area contributed by atoms with Crippen LogP contribution in [0, 0.1) is 11.3 Å². The van der Waals surface area contributed by atoms with Crippen molar-refractivity contribution >= 4 is 5.69 Å². The van der Waals surface area contributed by atoms with Crippen LogP contribution in [0.2, 0.25) is 0 Å². The Kier molecular flexibility index (Phi) is 7.76. The Morgan fingerprint density at radius 1 is 1.24 bits per heavy atom. The lowest BCUT2D eigenvalue weighted by Crippen LogP contribution is -2.30. The molecular weight excluding hydrogens is 268 g/mol. The normalized spacial score (nSPS) is 12.0. The molecule has 0 fully saturated rings. The first kappa shape index (κ1) is 17.4. The summed E-state index contributed by atoms with van der Waals surface area (Å²) >= 11 is 0. The zero-order valence-corrected chi connectivity index (χ0v) is 13.0. The Hall–Kier alpha value is -1.61. The molecule has 1 aromatic rings. The molecule has 0 heterocycles. The number of nitrogens with zero attached hydrogens (tertiary/aromatic N) is 2. The van der Waals surface area contributed by atoms with Crippen molar-refractivity contribution in [3.63, 3.8) is 0 Å². The number of nitriles is 1. The summed E-state index contributed by atoms with van der Waals surface area (Å²) in [6.45, 7) is 4.48. The predicted molar refractivity (Wildman–Crippen MR) is 82.4 cm³/mol. The zero-order chi connectivity index (χ0) is 15.7. The monoisotopic (exact) mass is 292 g/mol. The summed E-state index contributed by atoms with van der Waals surface area (Å²) in [7, 11) is 3.34. The first-order valence-corrected chi connectivity index (χ1v) is 7.09. The second kappa shape index (κ2) is 9.35. The van der Waals surface area contributed by atoms with E-state index in [1.165, 1.54) is 0 Å². The fourth-order valence-corrected chi connectivity index (χ4v) is 2.19. The Bertz CT molecular complexity index is 469. The topological polar surface area (TPSA) is 65.7 Å². The molecule has 0 bridgehead atoms. The molecule has 21 heavy (non-hydrogen) atoms. The SMILES string of the molecule is COCCCN(CCOC)c1cc(C#N)ccc1[C@@H](C)O. The van der Waals surface area contributed by atoms with E-state index >= 15 is 0 Å². The van der Waals surface area contributed by atoms with Crippen LogP contribution in [0.4, 0.5) is 5.69 Å². The van der Waals surface area contributed by atoms with Gasteiger partial charge in [-0.25, -0.2) is 0 Å². The minimum absolute atomic E-state index is 0.583. The number of hydrogen-bond acceptors (Lipinski definition) is 5. The smallest absolute Gasteiger partial charge is 0.0992 e. The molecule has 1 N–H and O–H groups in total. The van der Waals surface area contributed by atoms with Gasteiger partial charge in [0.25, 0.3) is 0 Å². The summed E-state index contributed by atoms with van der Waals surface area (Å²) in [4.78, 5) is 2.13. The number of anilines is 1. The van der Waals surface area contributed by atoms with Crippen LogP contribution in [0.15, 0.2) is 18.2 Å². The first-order valence-electron chi connectivity index (χ1n) is 7.09. The average Bonchev–Trinajstić information content (AvgIpc) is 2.50. The average molecular weight is 292 g/mol. The minimum atomic E-state index is -0.583. The molecule has 0 aliphatic carbocycles. The van der Waals surface area contributed by atoms with Crippen LogP contribution in [0.5, 0.6) is 0 Å². The first-order chi connectivity index (χ1) is 10.1. The summed E-state index contributed by atoms with van der Waals surface area (Å²) in [6.07, 6.45) is 0.288. The van der Waals surface area contributed by atoms with Crippen LogP contribution in [-0.2, 0) is 9.47 Å². The second-order valence-electron chi connectivity index (χ2n) is 4.89. The highest BCUT2D eigenvalue weighted by Crippen LogP contribution is 2.27. The minimum Gasteiger partial charge on any atom is -0.389 e. The molecule has 116 valence electrons. The molecule has 0 aromatic heterocycles. The van der Waals surface area contributed by atoms with Gasteiger partial charge < -0.3 is 19.5 Å². The number of ether oxygens (including phenoxy) is 2. The van der Waals surface area contributed by atoms with Crippen LogP contribution in [0.3, 0.4) is 0 Å². The third-order valence-corrected chi connectivity index (χ3v) is 3.29. The van der Waals surface area contributed by atoms with Gasteiger partial charge in [0.2, 0.25) is 0 Å². The van der Waals surface area contributed by atoms with Crippen LogP contribution in [0.25, 0.3) is 0 Å². The van der Waals surface area contributed by atoms with Crippen LogP contribution in [0.1, 0.15) is 30.6 Å². The van der Waals surface area contributed by atoms with Gasteiger partial charge in [-0.3, -0.25) is 0 Å². The van der Waals surface area contributed by atoms with E-state index in [0.717, 1.165) is 24.2 Å². The quantitative estimate of drug-likeness (QED) is 0.706. The zero-order valence-electron chi connectivity index (χ0n) is 13.0. The predicted octanol–water partition coefficient (Wildman–Crippen LogP) is 2.10. The lowest BCUT2D eigenvalue weighted by atomic mass is 10.0. The summed E-state index contributed by atoms with van der Waals surface area (Å²) in [6, 6.07) is 7.52. The lowest BCUT2D eigenvalue weighted by molar-refractivity contribution is 0.189. The molecule has 1 atom stereocenters. The van der Waals surface area contributed by atoms with Crippen LogP contribution < -0.4 is 4.90 Å². The molecular formula is C16H24N2O3. The number of rotatable bonds is 9. The van der Waals surface area contributed by atoms with E-state index in [2.05, 4.69) is 11.0 Å². The molecule has 5 nitrogen and oxygen atoms in total. The number of benzene rings is 1. The maximum absolute atomic E-state index is 9.95. The molecule has 0 aliphatic heterocycles. The molecule has 0 radical (unpaired) electrons. The maximum atomic E-state index is 9.95. The molecule has 0 spiro atoms. The van der Waals surface area contributed by atoms with Crippen molar-refractivity contribution < 1.29 is 14.6 Å². The van der Waals surface area contributed by atoms with Crippen molar-refractivity contribution in [1.29, 1.82) is 5.26 Å². The molecule has 0 aliphatic rings. The van der Waals surface area contributed by atoms with E-state index in [9.17, 15) is 5.11 Å². The Morgan fingerprint density at radius 3 is 2.52 bits per heavy atom. The van der Waals surface area contributed by atoms with Crippen molar-refractivity contribution in [2.24, 2.45) is 0 Å². The lowest BCUT2D eigenvalue weighted by Gasteiger charge is -2.28. The van der Waals surface area contributed by atoms with Crippen molar-refractivity contribution in [2.45, 2.75) is 19.4 Å². The fraction of sp³-hybridized carbons (Fsp3) is 0.562. The van der Waals surface area contributed by atoms with E-state index in [1.54, 1.807) is 27.2 Å². The van der Waals surface area contributed by atoms with E-state index < -0.39 is 6.10 Å². The van der Waals surface area contributed by atoms with Gasteiger partial charge in [-0.1, -0.05) is 6.07 Å². The molecule has 0 saturated heterocycles. The van der Waals surface area contributed by atoms with Gasteiger partial charge >= 0.3 is 0 Å². The number of aliphatic hydroxyl groups excluding tert-OH is 1. The number of aliphatic hydroxyl groups is 1. The van der Waals surface area contributed by atoms with Gasteiger partial charge in [0, 0.05) is 45.2 Å². The summed E-state index contributed by atoms with van der Waals surface area (Å²) < 4.78 is 10.3. The van der Waals surface area contributed by atoms with E-state index in [1.807, 2.05) is 12.1 Å². The molecule has 0 saturated carbocycles. The third kappa shape index (κ3) is 5.35. The highest BCUT2D eigenvalue weighted by molar-refractivity contribution is 5.58. The van der Waals surface area contributed by atoms with E-state index in [-0.39, 0.29) is 0 Å². The van der Waals surface area contributed by atoms with Crippen molar-refractivity contribution in [3.05, 3.63) is 29.3 Å². The highest BCUT2D eigenvalue weighted by atomic mass is 16.5. The Balaban J connectivity index is 3.04. The second-order valence-corrected chi connectivity index (χ2v) is 4.89. The van der Waals surface area contributed by atoms with E-state index in [0.29, 0.717) is 25.3 Å². The van der Waals surface area contributed by atoms with Crippen molar-refractivity contribution in [1.82, 2.24) is 0 Å². The maximum Gasteiger partial charge on any atom is 0.0992 e. The molecule has 0 unspecified atom stereocenters. The standard InChI is InChI=1S/C16H24N2O3/c1-13(19)15-6-5-14(12-17)11-16(15)18(8-10-21-3)7-4-9-20-2/h5-6,11,13,19H,4,7-10H2,1-3H3/t13-/m1/s1. The van der Waals surface area contributed by atoms with Gasteiger partial charge in [0.05, 0.1) is 24.3 Å². The Morgan fingerprint density at radius 2 is 1.95 bits per heavy atom. The third-order valence-electron chi connectivity index (χ3n) is 3.29. The van der Waals surface area contributed by atoms with Crippen molar-refractivity contribution in [2.75, 3.05) is 45.4 Å². The number of methoxy groups -OCH3 is 2. The Labute approximate surface area is 126 Å². The van der Waals surface area contributed by atoms with Crippen LogP contribution in [-0.4, -0.2) is 45.6 Å². The van der Waals surface area contributed by atoms with Gasteiger partial charge in [-0.2, -0.15) is 5.26 Å². The summed E-state index contributed by atoms with van der Waals surface area (Å²) in [5.41, 5.74) is 2.29. The molecule has 1 rings (SSSR count). The largest absolute Gasteiger partial charge is 0.389 e. The van der Waals surface area contributed by atoms with Crippen molar-refractivity contribution in [3.8, 4) is 6.07 Å². The molecule has 1 aromatic carbocycles. The van der Waals surface area contributed by atoms with Gasteiger partial charge in [-0.05, 0) is 25.5 Å². The summed E-state index contributed by atoms with van der Waals surface area (Å²) in [5.74, 6) is 0. The van der Waals surface area contributed by atoms with Gasteiger partial charge in [0.15, 0.2) is 0 Å². The van der Waals surface area contributed by atoms with Gasteiger partial charge in [-0.15, -0.1) is 0 Å². The molecule has 0 amide bonds.